The minimum absolute atomic E-state index is 0.0816. The summed E-state index contributed by atoms with van der Waals surface area (Å²) in [5.74, 6) is 0. The van der Waals surface area contributed by atoms with Crippen LogP contribution in [0.2, 0.25) is 0 Å². The molecule has 96 valence electrons. The van der Waals surface area contributed by atoms with E-state index in [-0.39, 0.29) is 12.3 Å². The molecule has 0 aromatic heterocycles. The molecule has 1 aliphatic rings. The molecule has 0 radical (unpaired) electrons. The molecular weight excluding hydrogens is 231 g/mol. The maximum atomic E-state index is 12.4. The van der Waals surface area contributed by atoms with E-state index in [1.165, 1.54) is 0 Å². The second kappa shape index (κ2) is 5.61. The zero-order valence-corrected chi connectivity index (χ0v) is 11.0. The number of hydrogen-bond acceptors (Lipinski definition) is 5. The minimum Gasteiger partial charge on any atom is -0.393 e. The molecule has 0 aromatic carbocycles. The Bertz CT molecular complexity index is 260. The summed E-state index contributed by atoms with van der Waals surface area (Å²) in [7, 11) is -3.10. The highest BCUT2D eigenvalue weighted by Crippen LogP contribution is 2.57. The Kier molecular flexibility index (Phi) is 4.95. The third-order valence-corrected chi connectivity index (χ3v) is 5.15. The lowest BCUT2D eigenvalue weighted by atomic mass is 10.0. The molecular formula is C10H21O5P. The predicted molar refractivity (Wildman–Crippen MR) is 60.7 cm³/mol. The smallest absolute Gasteiger partial charge is 0.336 e. The van der Waals surface area contributed by atoms with Crippen molar-refractivity contribution >= 4 is 7.60 Å². The zero-order valence-electron chi connectivity index (χ0n) is 10.1. The topological polar surface area (TPSA) is 65.0 Å². The van der Waals surface area contributed by atoms with Gasteiger partial charge in [0.25, 0.3) is 0 Å². The molecule has 1 saturated heterocycles. The van der Waals surface area contributed by atoms with Crippen LogP contribution in [-0.4, -0.2) is 42.8 Å². The van der Waals surface area contributed by atoms with Crippen molar-refractivity contribution < 1.29 is 23.5 Å². The van der Waals surface area contributed by atoms with Gasteiger partial charge in [0.15, 0.2) is 0 Å². The molecule has 0 aliphatic carbocycles. The molecule has 16 heavy (non-hydrogen) atoms. The van der Waals surface area contributed by atoms with Gasteiger partial charge in [-0.15, -0.1) is 0 Å². The van der Waals surface area contributed by atoms with Crippen LogP contribution >= 0.6 is 7.60 Å². The first-order chi connectivity index (χ1) is 7.49. The molecule has 0 spiro atoms. The van der Waals surface area contributed by atoms with Crippen LogP contribution in [0.4, 0.5) is 0 Å². The summed E-state index contributed by atoms with van der Waals surface area (Å²) in [6.07, 6.45) is 0.501. The minimum atomic E-state index is -3.10. The highest BCUT2D eigenvalue weighted by Gasteiger charge is 2.46. The molecule has 5 nitrogen and oxygen atoms in total. The molecule has 1 fully saturated rings. The van der Waals surface area contributed by atoms with Gasteiger partial charge < -0.3 is 18.9 Å². The average molecular weight is 252 g/mol. The van der Waals surface area contributed by atoms with Gasteiger partial charge in [-0.25, -0.2) is 0 Å². The van der Waals surface area contributed by atoms with Crippen molar-refractivity contribution in [3.63, 3.8) is 0 Å². The van der Waals surface area contributed by atoms with Gasteiger partial charge >= 0.3 is 7.60 Å². The van der Waals surface area contributed by atoms with E-state index in [0.717, 1.165) is 0 Å². The normalized spacial score (nSPS) is 30.9. The third-order valence-electron chi connectivity index (χ3n) is 2.69. The Hall–Kier alpha value is 0.0700. The summed E-state index contributed by atoms with van der Waals surface area (Å²) in [5, 5.41) is 9.17. The second-order valence-electron chi connectivity index (χ2n) is 4.15. The van der Waals surface area contributed by atoms with Gasteiger partial charge in [-0.1, -0.05) is 0 Å². The van der Waals surface area contributed by atoms with E-state index < -0.39 is 13.2 Å². The van der Waals surface area contributed by atoms with Crippen LogP contribution in [0.25, 0.3) is 0 Å². The maximum Gasteiger partial charge on any atom is 0.336 e. The van der Waals surface area contributed by atoms with Crippen LogP contribution in [0, 0.1) is 0 Å². The lowest BCUT2D eigenvalue weighted by molar-refractivity contribution is -0.0237. The van der Waals surface area contributed by atoms with Crippen LogP contribution in [0.1, 0.15) is 27.2 Å². The first-order valence-electron chi connectivity index (χ1n) is 5.63. The quantitative estimate of drug-likeness (QED) is 0.730. The van der Waals surface area contributed by atoms with Crippen LogP contribution in [-0.2, 0) is 18.3 Å². The summed E-state index contributed by atoms with van der Waals surface area (Å²) in [4.78, 5) is 0. The van der Waals surface area contributed by atoms with Gasteiger partial charge in [0, 0.05) is 0 Å². The molecule has 0 saturated carbocycles. The third kappa shape index (κ3) is 3.05. The van der Waals surface area contributed by atoms with Gasteiger partial charge in [-0.3, -0.25) is 4.57 Å². The van der Waals surface area contributed by atoms with E-state index in [1.54, 1.807) is 20.8 Å². The van der Waals surface area contributed by atoms with Crippen molar-refractivity contribution in [1.29, 1.82) is 0 Å². The lowest BCUT2D eigenvalue weighted by Crippen LogP contribution is -2.28. The lowest BCUT2D eigenvalue weighted by Gasteiger charge is -2.23. The molecule has 1 N–H and O–H groups in total. The van der Waals surface area contributed by atoms with Gasteiger partial charge in [0.1, 0.15) is 0 Å². The van der Waals surface area contributed by atoms with Gasteiger partial charge in [-0.2, -0.15) is 0 Å². The Labute approximate surface area is 96.6 Å². The Morgan fingerprint density at radius 2 is 2.00 bits per heavy atom. The highest BCUT2D eigenvalue weighted by molar-refractivity contribution is 7.54. The van der Waals surface area contributed by atoms with Crippen molar-refractivity contribution in [3.05, 3.63) is 0 Å². The molecule has 1 heterocycles. The van der Waals surface area contributed by atoms with E-state index in [1.807, 2.05) is 0 Å². The van der Waals surface area contributed by atoms with Crippen LogP contribution in [0.15, 0.2) is 0 Å². The molecule has 1 rings (SSSR count). The zero-order chi connectivity index (χ0) is 12.2. The van der Waals surface area contributed by atoms with Crippen LogP contribution in [0.3, 0.4) is 0 Å². The van der Waals surface area contributed by atoms with Crippen LogP contribution in [0.5, 0.6) is 0 Å². The Morgan fingerprint density at radius 3 is 2.38 bits per heavy atom. The van der Waals surface area contributed by atoms with Gasteiger partial charge in [0.05, 0.1) is 37.7 Å². The van der Waals surface area contributed by atoms with E-state index in [4.69, 9.17) is 13.8 Å². The fraction of sp³-hybridized carbons (Fsp3) is 1.00. The summed E-state index contributed by atoms with van der Waals surface area (Å²) >= 11 is 0. The average Bonchev–Trinajstić information content (AvgIpc) is 2.63. The highest BCUT2D eigenvalue weighted by atomic mass is 31.2. The number of aliphatic hydroxyl groups excluding tert-OH is 1. The van der Waals surface area contributed by atoms with E-state index in [9.17, 15) is 9.67 Å². The number of aliphatic hydroxyl groups is 1. The molecule has 0 amide bonds. The first kappa shape index (κ1) is 14.1. The first-order valence-corrected chi connectivity index (χ1v) is 7.24. The number of hydrogen-bond donors (Lipinski definition) is 1. The van der Waals surface area contributed by atoms with Crippen molar-refractivity contribution in [3.8, 4) is 0 Å². The molecule has 1 aliphatic heterocycles. The fourth-order valence-corrected chi connectivity index (χ4v) is 3.92. The van der Waals surface area contributed by atoms with Gasteiger partial charge in [-0.05, 0) is 27.2 Å². The SMILES string of the molecule is CCOP(=O)(OCC)C1COC(C)(CO)C1. The fourth-order valence-electron chi connectivity index (χ4n) is 1.83. The number of rotatable bonds is 6. The monoisotopic (exact) mass is 252 g/mol. The van der Waals surface area contributed by atoms with Crippen LogP contribution < -0.4 is 0 Å². The molecule has 2 atom stereocenters. The standard InChI is InChI=1S/C10H21O5P/c1-4-14-16(12,15-5-2)9-6-10(3,8-11)13-7-9/h9,11H,4-8H2,1-3H3. The Balaban J connectivity index is 2.71. The largest absolute Gasteiger partial charge is 0.393 e. The van der Waals surface area contributed by atoms with E-state index in [0.29, 0.717) is 26.2 Å². The predicted octanol–water partition coefficient (Wildman–Crippen LogP) is 1.79. The number of ether oxygens (including phenoxy) is 1. The summed E-state index contributed by atoms with van der Waals surface area (Å²) in [6.45, 7) is 6.30. The summed E-state index contributed by atoms with van der Waals surface area (Å²) in [5.41, 5.74) is -0.890. The van der Waals surface area contributed by atoms with E-state index in [2.05, 4.69) is 0 Å². The summed E-state index contributed by atoms with van der Waals surface area (Å²) in [6, 6.07) is 0. The molecule has 0 aromatic rings. The molecule has 6 heteroatoms. The maximum absolute atomic E-state index is 12.4. The second-order valence-corrected chi connectivity index (χ2v) is 6.48. The van der Waals surface area contributed by atoms with Gasteiger partial charge in [0.2, 0.25) is 0 Å². The molecule has 0 bridgehead atoms. The van der Waals surface area contributed by atoms with Crippen molar-refractivity contribution in [1.82, 2.24) is 0 Å². The molecule has 2 unspecified atom stereocenters. The van der Waals surface area contributed by atoms with Crippen molar-refractivity contribution in [2.24, 2.45) is 0 Å². The van der Waals surface area contributed by atoms with Crippen molar-refractivity contribution in [2.45, 2.75) is 38.5 Å². The van der Waals surface area contributed by atoms with E-state index >= 15 is 0 Å². The van der Waals surface area contributed by atoms with Crippen molar-refractivity contribution in [2.75, 3.05) is 26.4 Å². The Morgan fingerprint density at radius 1 is 1.44 bits per heavy atom. The summed E-state index contributed by atoms with van der Waals surface area (Å²) < 4.78 is 28.4.